The number of aryl methyl sites for hydroxylation is 1. The van der Waals surface area contributed by atoms with Gasteiger partial charge in [-0.15, -0.1) is 0 Å². The summed E-state index contributed by atoms with van der Waals surface area (Å²) in [6, 6.07) is 3.82. The lowest BCUT2D eigenvalue weighted by molar-refractivity contribution is 0.438. The molecule has 3 aromatic heterocycles. The third kappa shape index (κ3) is 2.81. The van der Waals surface area contributed by atoms with Crippen LogP contribution in [0, 0.1) is 0 Å². The zero-order valence-electron chi connectivity index (χ0n) is 15.4. The molecule has 0 bridgehead atoms. The van der Waals surface area contributed by atoms with Gasteiger partial charge in [0.25, 0.3) is 5.56 Å². The third-order valence-corrected chi connectivity index (χ3v) is 6.85. The van der Waals surface area contributed by atoms with E-state index in [9.17, 15) is 18.0 Å². The molecule has 0 fully saturated rings. The highest BCUT2D eigenvalue weighted by atomic mass is 32.2. The van der Waals surface area contributed by atoms with E-state index < -0.39 is 26.2 Å². The minimum Gasteiger partial charge on any atom is -0.346 e. The molecular formula is C18H19N5O4S. The van der Waals surface area contributed by atoms with Crippen LogP contribution >= 0.6 is 0 Å². The number of fused-ring (bicyclic) bond motifs is 1. The van der Waals surface area contributed by atoms with Crippen LogP contribution in [0.1, 0.15) is 12.0 Å². The van der Waals surface area contributed by atoms with Gasteiger partial charge in [0.1, 0.15) is 5.65 Å². The normalized spacial score (nSPS) is 15.7. The lowest BCUT2D eigenvalue weighted by Crippen LogP contribution is -2.43. The highest BCUT2D eigenvalue weighted by Crippen LogP contribution is 2.29. The molecule has 0 atom stereocenters. The van der Waals surface area contributed by atoms with Crippen molar-refractivity contribution in [1.29, 1.82) is 0 Å². The maximum absolute atomic E-state index is 13.0. The Balaban J connectivity index is 1.68. The van der Waals surface area contributed by atoms with Crippen LogP contribution in [0.15, 0.2) is 51.3 Å². The van der Waals surface area contributed by atoms with Gasteiger partial charge in [0.05, 0.1) is 0 Å². The van der Waals surface area contributed by atoms with Crippen LogP contribution in [0.2, 0.25) is 0 Å². The van der Waals surface area contributed by atoms with Crippen LogP contribution in [0.3, 0.4) is 0 Å². The number of hydrogen-bond acceptors (Lipinski definition) is 5. The summed E-state index contributed by atoms with van der Waals surface area (Å²) < 4.78 is 29.1. The largest absolute Gasteiger partial charge is 0.346 e. The number of hydrogen-bond donors (Lipinski definition) is 1. The third-order valence-electron chi connectivity index (χ3n) is 5.00. The Bertz CT molecular complexity index is 1330. The number of aromatic amines is 1. The molecule has 9 nitrogen and oxygen atoms in total. The van der Waals surface area contributed by atoms with Gasteiger partial charge in [0, 0.05) is 56.7 Å². The molecule has 0 unspecified atom stereocenters. The highest BCUT2D eigenvalue weighted by molar-refractivity contribution is 7.89. The van der Waals surface area contributed by atoms with Crippen molar-refractivity contribution in [3.05, 3.63) is 63.2 Å². The molecule has 3 aromatic rings. The van der Waals surface area contributed by atoms with Crippen molar-refractivity contribution in [1.82, 2.24) is 23.4 Å². The molecule has 4 rings (SSSR count). The molecule has 0 saturated carbocycles. The van der Waals surface area contributed by atoms with E-state index in [1.807, 2.05) is 24.4 Å². The predicted molar refractivity (Wildman–Crippen MR) is 104 cm³/mol. The Hall–Kier alpha value is -2.98. The van der Waals surface area contributed by atoms with Gasteiger partial charge in [-0.05, 0) is 24.1 Å². The van der Waals surface area contributed by atoms with Crippen molar-refractivity contribution in [2.24, 2.45) is 14.1 Å². The summed E-state index contributed by atoms with van der Waals surface area (Å²) in [6.45, 7) is 0.393. The first kappa shape index (κ1) is 18.4. The van der Waals surface area contributed by atoms with Gasteiger partial charge in [-0.3, -0.25) is 9.36 Å². The van der Waals surface area contributed by atoms with Gasteiger partial charge in [0.2, 0.25) is 10.0 Å². The Morgan fingerprint density at radius 3 is 2.71 bits per heavy atom. The molecule has 4 heterocycles. The monoisotopic (exact) mass is 401 g/mol. The van der Waals surface area contributed by atoms with E-state index >= 15 is 0 Å². The first-order valence-electron chi connectivity index (χ1n) is 8.69. The number of nitrogens with zero attached hydrogens (tertiary/aromatic N) is 4. The van der Waals surface area contributed by atoms with Gasteiger partial charge in [-0.2, -0.15) is 4.31 Å². The number of H-pyrrole nitrogens is 1. The second kappa shape index (κ2) is 6.57. The Morgan fingerprint density at radius 1 is 1.21 bits per heavy atom. The average Bonchev–Trinajstić information content (AvgIpc) is 3.13. The highest BCUT2D eigenvalue weighted by Gasteiger charge is 2.30. The van der Waals surface area contributed by atoms with Gasteiger partial charge in [-0.25, -0.2) is 18.2 Å². The van der Waals surface area contributed by atoms with E-state index in [0.29, 0.717) is 6.42 Å². The zero-order chi connectivity index (χ0) is 20.1. The van der Waals surface area contributed by atoms with Gasteiger partial charge < -0.3 is 9.55 Å². The summed E-state index contributed by atoms with van der Waals surface area (Å²) in [5.41, 5.74) is 1.41. The molecule has 0 amide bonds. The zero-order valence-corrected chi connectivity index (χ0v) is 16.2. The average molecular weight is 401 g/mol. The first-order chi connectivity index (χ1) is 13.3. The fourth-order valence-corrected chi connectivity index (χ4v) is 4.96. The Kier molecular flexibility index (Phi) is 4.31. The number of sulfonamides is 1. The smallest absolute Gasteiger partial charge is 0.330 e. The maximum Gasteiger partial charge on any atom is 0.330 e. The molecule has 0 saturated heterocycles. The SMILES string of the molecule is Cn1cc(S(=O)(=O)N2CC=C(c3c[nH]c4ncccc34)CC2)c(=O)n(C)c1=O. The fraction of sp³-hybridized carbons (Fsp3) is 0.278. The maximum atomic E-state index is 13.0. The van der Waals surface area contributed by atoms with E-state index in [0.717, 1.165) is 37.5 Å². The minimum absolute atomic E-state index is 0.149. The van der Waals surface area contributed by atoms with Crippen LogP contribution in [0.25, 0.3) is 16.6 Å². The van der Waals surface area contributed by atoms with E-state index in [-0.39, 0.29) is 13.1 Å². The van der Waals surface area contributed by atoms with Crippen LogP contribution in [0.4, 0.5) is 0 Å². The molecule has 10 heteroatoms. The summed E-state index contributed by atoms with van der Waals surface area (Å²) in [7, 11) is -1.33. The topological polar surface area (TPSA) is 110 Å². The summed E-state index contributed by atoms with van der Waals surface area (Å²) in [5, 5.41) is 0.983. The molecule has 1 aliphatic rings. The van der Waals surface area contributed by atoms with Crippen molar-refractivity contribution >= 4 is 26.6 Å². The van der Waals surface area contributed by atoms with Crippen molar-refractivity contribution in [3.63, 3.8) is 0 Å². The van der Waals surface area contributed by atoms with Gasteiger partial charge in [0.15, 0.2) is 4.90 Å². The second-order valence-corrected chi connectivity index (χ2v) is 8.60. The second-order valence-electron chi connectivity index (χ2n) is 6.70. The standard InChI is InChI=1S/C18H19N5O4S/c1-21-11-15(17(24)22(2)18(21)25)28(26,27)23-8-5-12(6-9-23)14-10-20-16-13(14)4-3-7-19-16/h3-5,7,10-11H,6,8-9H2,1-2H3,(H,19,20). The quantitative estimate of drug-likeness (QED) is 0.685. The Labute approximate surface area is 160 Å². The molecule has 0 aliphatic carbocycles. The van der Waals surface area contributed by atoms with Crippen LogP contribution in [0.5, 0.6) is 0 Å². The van der Waals surface area contributed by atoms with E-state index in [1.165, 1.54) is 18.4 Å². The molecule has 28 heavy (non-hydrogen) atoms. The molecular weight excluding hydrogens is 382 g/mol. The summed E-state index contributed by atoms with van der Waals surface area (Å²) in [4.78, 5) is 31.2. The number of aromatic nitrogens is 4. The van der Waals surface area contributed by atoms with Crippen molar-refractivity contribution < 1.29 is 8.42 Å². The van der Waals surface area contributed by atoms with Gasteiger partial charge in [-0.1, -0.05) is 6.08 Å². The van der Waals surface area contributed by atoms with E-state index in [1.54, 1.807) is 6.20 Å². The lowest BCUT2D eigenvalue weighted by Gasteiger charge is -2.25. The minimum atomic E-state index is -4.01. The summed E-state index contributed by atoms with van der Waals surface area (Å²) >= 11 is 0. The van der Waals surface area contributed by atoms with Gasteiger partial charge >= 0.3 is 5.69 Å². The van der Waals surface area contributed by atoms with E-state index in [2.05, 4.69) is 9.97 Å². The molecule has 0 aromatic carbocycles. The molecule has 0 spiro atoms. The summed E-state index contributed by atoms with van der Waals surface area (Å²) in [6.07, 6.45) is 7.02. The number of pyridine rings is 1. The molecule has 146 valence electrons. The molecule has 0 radical (unpaired) electrons. The summed E-state index contributed by atoms with van der Waals surface area (Å²) in [5.74, 6) is 0. The van der Waals surface area contributed by atoms with Crippen LogP contribution in [-0.4, -0.2) is 44.9 Å². The fourth-order valence-electron chi connectivity index (χ4n) is 3.43. The number of nitrogens with one attached hydrogen (secondary N) is 1. The lowest BCUT2D eigenvalue weighted by atomic mass is 10.0. The van der Waals surface area contributed by atoms with Crippen molar-refractivity contribution in [3.8, 4) is 0 Å². The first-order valence-corrected chi connectivity index (χ1v) is 10.1. The van der Waals surface area contributed by atoms with E-state index in [4.69, 9.17) is 0 Å². The predicted octanol–water partition coefficient (Wildman–Crippen LogP) is 0.438. The van der Waals surface area contributed by atoms with Crippen LogP contribution < -0.4 is 11.2 Å². The molecule has 1 aliphatic heterocycles. The van der Waals surface area contributed by atoms with Crippen molar-refractivity contribution in [2.45, 2.75) is 11.3 Å². The van der Waals surface area contributed by atoms with Crippen LogP contribution in [-0.2, 0) is 24.1 Å². The number of rotatable bonds is 3. The molecule has 1 N–H and O–H groups in total. The Morgan fingerprint density at radius 2 is 2.00 bits per heavy atom. The van der Waals surface area contributed by atoms with Crippen molar-refractivity contribution in [2.75, 3.05) is 13.1 Å².